The van der Waals surface area contributed by atoms with Gasteiger partial charge in [0.2, 0.25) is 0 Å². The van der Waals surface area contributed by atoms with Crippen LogP contribution in [-0.4, -0.2) is 10.7 Å². The molecule has 0 saturated carbocycles. The molecule has 0 saturated heterocycles. The van der Waals surface area contributed by atoms with Gasteiger partial charge >= 0.3 is 0 Å². The predicted octanol–water partition coefficient (Wildman–Crippen LogP) is 3.75. The van der Waals surface area contributed by atoms with E-state index in [1.54, 1.807) is 0 Å². The van der Waals surface area contributed by atoms with E-state index in [-0.39, 0.29) is 5.41 Å². The van der Waals surface area contributed by atoms with Gasteiger partial charge in [0, 0.05) is 0 Å². The largest absolute Gasteiger partial charge is 0.390 e. The highest BCUT2D eigenvalue weighted by Gasteiger charge is 2.30. The number of aliphatic hydroxyl groups is 1. The van der Waals surface area contributed by atoms with E-state index in [1.807, 2.05) is 0 Å². The fourth-order valence-electron chi connectivity index (χ4n) is 2.22. The smallest absolute Gasteiger partial charge is 0.0652 e. The van der Waals surface area contributed by atoms with Crippen molar-refractivity contribution in [1.82, 2.24) is 0 Å². The van der Waals surface area contributed by atoms with Crippen molar-refractivity contribution in [1.29, 1.82) is 0 Å². The Bertz CT molecular complexity index is 127. The molecule has 0 aromatic heterocycles. The summed E-state index contributed by atoms with van der Waals surface area (Å²) in [4.78, 5) is 0. The standard InChI is InChI=1S/C12H26O/c1-6-8-12(13,9-7-2)10-11(3,4)5/h13H,6-10H2,1-5H3. The van der Waals surface area contributed by atoms with Crippen LogP contribution in [-0.2, 0) is 0 Å². The second-order valence-electron chi connectivity index (χ2n) is 5.46. The minimum absolute atomic E-state index is 0.235. The summed E-state index contributed by atoms with van der Waals surface area (Å²) in [5, 5.41) is 10.3. The SMILES string of the molecule is CCCC(O)(CCC)CC(C)(C)C. The topological polar surface area (TPSA) is 20.2 Å². The fraction of sp³-hybridized carbons (Fsp3) is 1.00. The molecule has 0 aliphatic carbocycles. The number of hydrogen-bond acceptors (Lipinski definition) is 1. The van der Waals surface area contributed by atoms with Crippen LogP contribution in [0.15, 0.2) is 0 Å². The van der Waals surface area contributed by atoms with Gasteiger partial charge in [0.25, 0.3) is 0 Å². The van der Waals surface area contributed by atoms with Gasteiger partial charge in [-0.25, -0.2) is 0 Å². The Balaban J connectivity index is 4.22. The molecule has 0 fully saturated rings. The zero-order valence-electron chi connectivity index (χ0n) is 9.98. The third-order valence-corrected chi connectivity index (χ3v) is 2.29. The maximum Gasteiger partial charge on any atom is 0.0652 e. The Hall–Kier alpha value is -0.0400. The first-order valence-electron chi connectivity index (χ1n) is 5.55. The molecule has 0 aliphatic heterocycles. The second kappa shape index (κ2) is 4.99. The first-order valence-corrected chi connectivity index (χ1v) is 5.55. The zero-order chi connectivity index (χ0) is 10.5. The third kappa shape index (κ3) is 6.09. The highest BCUT2D eigenvalue weighted by Crippen LogP contribution is 2.33. The average Bonchev–Trinajstić information content (AvgIpc) is 1.82. The molecule has 0 aromatic rings. The molecule has 0 unspecified atom stereocenters. The van der Waals surface area contributed by atoms with E-state index in [4.69, 9.17) is 0 Å². The second-order valence-corrected chi connectivity index (χ2v) is 5.46. The molecule has 0 atom stereocenters. The van der Waals surface area contributed by atoms with Crippen molar-refractivity contribution in [2.75, 3.05) is 0 Å². The van der Waals surface area contributed by atoms with E-state index in [0.29, 0.717) is 0 Å². The normalized spacial score (nSPS) is 13.4. The highest BCUT2D eigenvalue weighted by molar-refractivity contribution is 4.82. The van der Waals surface area contributed by atoms with Crippen LogP contribution in [0.2, 0.25) is 0 Å². The Kier molecular flexibility index (Phi) is 4.98. The van der Waals surface area contributed by atoms with Crippen molar-refractivity contribution in [3.8, 4) is 0 Å². The Morgan fingerprint density at radius 1 is 0.923 bits per heavy atom. The molecule has 0 radical (unpaired) electrons. The molecule has 0 amide bonds. The maximum absolute atomic E-state index is 10.3. The van der Waals surface area contributed by atoms with E-state index in [0.717, 1.165) is 32.1 Å². The van der Waals surface area contributed by atoms with E-state index in [2.05, 4.69) is 34.6 Å². The summed E-state index contributed by atoms with van der Waals surface area (Å²) in [7, 11) is 0. The lowest BCUT2D eigenvalue weighted by Crippen LogP contribution is -2.33. The maximum atomic E-state index is 10.3. The summed E-state index contributed by atoms with van der Waals surface area (Å²) in [5.74, 6) is 0. The van der Waals surface area contributed by atoms with Crippen molar-refractivity contribution in [3.05, 3.63) is 0 Å². The van der Waals surface area contributed by atoms with Gasteiger partial charge in [0.05, 0.1) is 5.60 Å². The van der Waals surface area contributed by atoms with Crippen molar-refractivity contribution in [3.63, 3.8) is 0 Å². The first-order chi connectivity index (χ1) is 5.83. The molecule has 1 N–H and O–H groups in total. The molecular formula is C12H26O. The van der Waals surface area contributed by atoms with Crippen LogP contribution in [0.3, 0.4) is 0 Å². The molecule has 0 aliphatic rings. The fourth-order valence-corrected chi connectivity index (χ4v) is 2.22. The Morgan fingerprint density at radius 3 is 1.54 bits per heavy atom. The van der Waals surface area contributed by atoms with Gasteiger partial charge < -0.3 is 5.11 Å². The van der Waals surface area contributed by atoms with E-state index >= 15 is 0 Å². The monoisotopic (exact) mass is 186 g/mol. The van der Waals surface area contributed by atoms with Gasteiger partial charge in [-0.2, -0.15) is 0 Å². The molecular weight excluding hydrogens is 160 g/mol. The summed E-state index contributed by atoms with van der Waals surface area (Å²) in [6.45, 7) is 10.9. The predicted molar refractivity (Wildman–Crippen MR) is 58.8 cm³/mol. The lowest BCUT2D eigenvalue weighted by Gasteiger charge is -2.34. The zero-order valence-corrected chi connectivity index (χ0v) is 9.98. The van der Waals surface area contributed by atoms with Crippen LogP contribution in [0, 0.1) is 5.41 Å². The van der Waals surface area contributed by atoms with Gasteiger partial charge in [-0.1, -0.05) is 47.5 Å². The van der Waals surface area contributed by atoms with E-state index in [1.165, 1.54) is 0 Å². The summed E-state index contributed by atoms with van der Waals surface area (Å²) in [5.41, 5.74) is -0.180. The minimum atomic E-state index is -0.415. The van der Waals surface area contributed by atoms with Gasteiger partial charge in [0.15, 0.2) is 0 Å². The molecule has 0 rings (SSSR count). The molecule has 0 heterocycles. The van der Waals surface area contributed by atoms with Crippen molar-refractivity contribution in [2.24, 2.45) is 5.41 Å². The molecule has 0 spiro atoms. The van der Waals surface area contributed by atoms with Crippen molar-refractivity contribution >= 4 is 0 Å². The van der Waals surface area contributed by atoms with Crippen LogP contribution in [0.1, 0.15) is 66.7 Å². The lowest BCUT2D eigenvalue weighted by molar-refractivity contribution is -0.0145. The van der Waals surface area contributed by atoms with Gasteiger partial charge in [-0.15, -0.1) is 0 Å². The van der Waals surface area contributed by atoms with Crippen molar-refractivity contribution in [2.45, 2.75) is 72.3 Å². The highest BCUT2D eigenvalue weighted by atomic mass is 16.3. The Labute approximate surface area is 83.5 Å². The quantitative estimate of drug-likeness (QED) is 0.693. The van der Waals surface area contributed by atoms with Crippen molar-refractivity contribution < 1.29 is 5.11 Å². The lowest BCUT2D eigenvalue weighted by atomic mass is 9.77. The molecule has 1 nitrogen and oxygen atoms in total. The molecule has 13 heavy (non-hydrogen) atoms. The molecule has 80 valence electrons. The first kappa shape index (κ1) is 13.0. The van der Waals surface area contributed by atoms with E-state index < -0.39 is 5.60 Å². The number of hydrogen-bond donors (Lipinski definition) is 1. The number of rotatable bonds is 5. The van der Waals surface area contributed by atoms with Crippen LogP contribution < -0.4 is 0 Å². The minimum Gasteiger partial charge on any atom is -0.390 e. The van der Waals surface area contributed by atoms with Crippen LogP contribution in [0.4, 0.5) is 0 Å². The van der Waals surface area contributed by atoms with Gasteiger partial charge in [-0.3, -0.25) is 0 Å². The summed E-state index contributed by atoms with van der Waals surface area (Å²) < 4.78 is 0. The summed E-state index contributed by atoms with van der Waals surface area (Å²) >= 11 is 0. The molecule has 0 bridgehead atoms. The average molecular weight is 186 g/mol. The van der Waals surface area contributed by atoms with Gasteiger partial charge in [-0.05, 0) is 24.7 Å². The third-order valence-electron chi connectivity index (χ3n) is 2.29. The van der Waals surface area contributed by atoms with E-state index in [9.17, 15) is 5.11 Å². The van der Waals surface area contributed by atoms with Crippen LogP contribution in [0.5, 0.6) is 0 Å². The summed E-state index contributed by atoms with van der Waals surface area (Å²) in [6, 6.07) is 0. The molecule has 0 aromatic carbocycles. The van der Waals surface area contributed by atoms with Crippen LogP contribution >= 0.6 is 0 Å². The molecule has 1 heteroatoms. The van der Waals surface area contributed by atoms with Crippen LogP contribution in [0.25, 0.3) is 0 Å². The Morgan fingerprint density at radius 2 is 1.31 bits per heavy atom. The van der Waals surface area contributed by atoms with Gasteiger partial charge in [0.1, 0.15) is 0 Å². The summed E-state index contributed by atoms with van der Waals surface area (Å²) in [6.07, 6.45) is 4.96.